The molecular formula is C13H15N3. The van der Waals surface area contributed by atoms with Gasteiger partial charge in [-0.1, -0.05) is 0 Å². The largest absolute Gasteiger partial charge is 0.346 e. The maximum Gasteiger partial charge on any atom is 0.137 e. The molecule has 0 aliphatic carbocycles. The van der Waals surface area contributed by atoms with Gasteiger partial charge in [0, 0.05) is 36.8 Å². The number of H-pyrrole nitrogens is 1. The zero-order valence-corrected chi connectivity index (χ0v) is 9.33. The van der Waals surface area contributed by atoms with Gasteiger partial charge in [0.15, 0.2) is 0 Å². The topological polar surface area (TPSA) is 40.7 Å². The van der Waals surface area contributed by atoms with E-state index in [1.807, 2.05) is 12.3 Å². The molecule has 2 aromatic heterocycles. The van der Waals surface area contributed by atoms with E-state index in [0.717, 1.165) is 18.6 Å². The molecule has 1 atom stereocenters. The molecular weight excluding hydrogens is 198 g/mol. The van der Waals surface area contributed by atoms with Crippen LogP contribution in [0.25, 0.3) is 11.0 Å². The fraction of sp³-hybridized carbons (Fsp3) is 0.308. The average Bonchev–Trinajstić information content (AvgIpc) is 2.70. The zero-order valence-electron chi connectivity index (χ0n) is 9.33. The molecule has 3 heteroatoms. The van der Waals surface area contributed by atoms with Crippen molar-refractivity contribution in [1.82, 2.24) is 15.3 Å². The fourth-order valence-electron chi connectivity index (χ4n) is 1.69. The van der Waals surface area contributed by atoms with Gasteiger partial charge in [0.2, 0.25) is 0 Å². The van der Waals surface area contributed by atoms with Crippen molar-refractivity contribution in [2.75, 3.05) is 0 Å². The standard InChI is InChI=1S/C13H15N3/c1-3-5-10(2)15-8-11-9-16-13-12(11)6-4-7-14-13/h1,4,6-7,9-10,15H,5,8H2,2H3,(H,14,16). The summed E-state index contributed by atoms with van der Waals surface area (Å²) < 4.78 is 0. The maximum atomic E-state index is 5.26. The van der Waals surface area contributed by atoms with Crippen LogP contribution in [0.4, 0.5) is 0 Å². The monoisotopic (exact) mass is 213 g/mol. The van der Waals surface area contributed by atoms with Crippen molar-refractivity contribution in [3.8, 4) is 12.3 Å². The average molecular weight is 213 g/mol. The van der Waals surface area contributed by atoms with Crippen molar-refractivity contribution < 1.29 is 0 Å². The van der Waals surface area contributed by atoms with Crippen LogP contribution in [0.5, 0.6) is 0 Å². The number of fused-ring (bicyclic) bond motifs is 1. The highest BCUT2D eigenvalue weighted by molar-refractivity contribution is 5.79. The molecule has 2 aromatic rings. The fourth-order valence-corrected chi connectivity index (χ4v) is 1.69. The lowest BCUT2D eigenvalue weighted by Crippen LogP contribution is -2.24. The van der Waals surface area contributed by atoms with Gasteiger partial charge in [0.25, 0.3) is 0 Å². The minimum Gasteiger partial charge on any atom is -0.346 e. The second-order valence-corrected chi connectivity index (χ2v) is 3.90. The Hall–Kier alpha value is -1.79. The molecule has 0 saturated heterocycles. The van der Waals surface area contributed by atoms with Gasteiger partial charge >= 0.3 is 0 Å². The first kappa shape index (κ1) is 10.7. The molecule has 0 aliphatic heterocycles. The number of hydrogen-bond acceptors (Lipinski definition) is 2. The summed E-state index contributed by atoms with van der Waals surface area (Å²) in [6.07, 6.45) is 9.80. The Bertz CT molecular complexity index is 507. The van der Waals surface area contributed by atoms with Gasteiger partial charge in [-0.2, -0.15) is 0 Å². The third-order valence-electron chi connectivity index (χ3n) is 2.60. The van der Waals surface area contributed by atoms with Crippen molar-refractivity contribution >= 4 is 11.0 Å². The van der Waals surface area contributed by atoms with Gasteiger partial charge < -0.3 is 10.3 Å². The number of aromatic nitrogens is 2. The summed E-state index contributed by atoms with van der Waals surface area (Å²) in [6, 6.07) is 4.36. The van der Waals surface area contributed by atoms with Gasteiger partial charge in [0.05, 0.1) is 0 Å². The summed E-state index contributed by atoms with van der Waals surface area (Å²) in [7, 11) is 0. The molecule has 0 bridgehead atoms. The molecule has 16 heavy (non-hydrogen) atoms. The van der Waals surface area contributed by atoms with E-state index in [9.17, 15) is 0 Å². The van der Waals surface area contributed by atoms with Gasteiger partial charge in [-0.15, -0.1) is 12.3 Å². The van der Waals surface area contributed by atoms with Crippen molar-refractivity contribution in [3.05, 3.63) is 30.1 Å². The number of aromatic amines is 1. The molecule has 0 aromatic carbocycles. The number of terminal acetylenes is 1. The second-order valence-electron chi connectivity index (χ2n) is 3.90. The number of pyridine rings is 1. The molecule has 0 saturated carbocycles. The molecule has 0 amide bonds. The van der Waals surface area contributed by atoms with Crippen LogP contribution in [0.15, 0.2) is 24.5 Å². The molecule has 2 rings (SSSR count). The molecule has 0 radical (unpaired) electrons. The Morgan fingerprint density at radius 2 is 2.50 bits per heavy atom. The Balaban J connectivity index is 2.08. The van der Waals surface area contributed by atoms with Crippen LogP contribution in [0.2, 0.25) is 0 Å². The van der Waals surface area contributed by atoms with Gasteiger partial charge in [-0.3, -0.25) is 0 Å². The van der Waals surface area contributed by atoms with Crippen molar-refractivity contribution in [2.45, 2.75) is 25.9 Å². The van der Waals surface area contributed by atoms with Crippen LogP contribution < -0.4 is 5.32 Å². The quantitative estimate of drug-likeness (QED) is 0.763. The normalized spacial score (nSPS) is 12.5. The molecule has 82 valence electrons. The SMILES string of the molecule is C#CCC(C)NCc1c[nH]c2ncccc12. The molecule has 0 spiro atoms. The van der Waals surface area contributed by atoms with E-state index in [1.54, 1.807) is 6.20 Å². The molecule has 0 fully saturated rings. The van der Waals surface area contributed by atoms with Crippen LogP contribution in [0.3, 0.4) is 0 Å². The van der Waals surface area contributed by atoms with Crippen LogP contribution >= 0.6 is 0 Å². The maximum absolute atomic E-state index is 5.26. The Labute approximate surface area is 95.3 Å². The van der Waals surface area contributed by atoms with Crippen LogP contribution in [-0.2, 0) is 6.54 Å². The number of nitrogens with zero attached hydrogens (tertiary/aromatic N) is 1. The lowest BCUT2D eigenvalue weighted by Gasteiger charge is -2.09. The smallest absolute Gasteiger partial charge is 0.137 e. The minimum atomic E-state index is 0.339. The van der Waals surface area contributed by atoms with Gasteiger partial charge in [0.1, 0.15) is 5.65 Å². The first-order valence-electron chi connectivity index (χ1n) is 5.39. The zero-order chi connectivity index (χ0) is 11.4. The van der Waals surface area contributed by atoms with E-state index in [2.05, 4.69) is 34.2 Å². The minimum absolute atomic E-state index is 0.339. The first-order valence-corrected chi connectivity index (χ1v) is 5.39. The van der Waals surface area contributed by atoms with Crippen LogP contribution in [0, 0.1) is 12.3 Å². The first-order chi connectivity index (χ1) is 7.81. The molecule has 1 unspecified atom stereocenters. The van der Waals surface area contributed by atoms with E-state index < -0.39 is 0 Å². The van der Waals surface area contributed by atoms with Crippen molar-refractivity contribution in [2.24, 2.45) is 0 Å². The Morgan fingerprint density at radius 3 is 3.31 bits per heavy atom. The number of rotatable bonds is 4. The predicted octanol–water partition coefficient (Wildman–Crippen LogP) is 2.06. The summed E-state index contributed by atoms with van der Waals surface area (Å²) in [6.45, 7) is 2.90. The van der Waals surface area contributed by atoms with Crippen molar-refractivity contribution in [1.29, 1.82) is 0 Å². The molecule has 2 heterocycles. The molecule has 3 nitrogen and oxygen atoms in total. The Morgan fingerprint density at radius 1 is 1.62 bits per heavy atom. The summed E-state index contributed by atoms with van der Waals surface area (Å²) in [5.74, 6) is 2.65. The highest BCUT2D eigenvalue weighted by Crippen LogP contribution is 2.15. The predicted molar refractivity (Wildman–Crippen MR) is 65.8 cm³/mol. The lowest BCUT2D eigenvalue weighted by atomic mass is 10.2. The molecule has 2 N–H and O–H groups in total. The summed E-state index contributed by atoms with van der Waals surface area (Å²) >= 11 is 0. The van der Waals surface area contributed by atoms with Crippen molar-refractivity contribution in [3.63, 3.8) is 0 Å². The van der Waals surface area contributed by atoms with E-state index in [4.69, 9.17) is 6.42 Å². The highest BCUT2D eigenvalue weighted by Gasteiger charge is 2.05. The van der Waals surface area contributed by atoms with E-state index in [0.29, 0.717) is 6.04 Å². The van der Waals surface area contributed by atoms with Crippen LogP contribution in [0.1, 0.15) is 18.9 Å². The van der Waals surface area contributed by atoms with E-state index in [1.165, 1.54) is 10.9 Å². The molecule has 0 aliphatic rings. The van der Waals surface area contributed by atoms with E-state index >= 15 is 0 Å². The number of hydrogen-bond donors (Lipinski definition) is 2. The third kappa shape index (κ3) is 2.23. The number of nitrogens with one attached hydrogen (secondary N) is 2. The van der Waals surface area contributed by atoms with Gasteiger partial charge in [-0.25, -0.2) is 4.98 Å². The van der Waals surface area contributed by atoms with E-state index in [-0.39, 0.29) is 0 Å². The highest BCUT2D eigenvalue weighted by atomic mass is 14.9. The third-order valence-corrected chi connectivity index (χ3v) is 2.60. The summed E-state index contributed by atoms with van der Waals surface area (Å²) in [5.41, 5.74) is 2.16. The summed E-state index contributed by atoms with van der Waals surface area (Å²) in [4.78, 5) is 7.40. The van der Waals surface area contributed by atoms with Crippen LogP contribution in [-0.4, -0.2) is 16.0 Å². The Kier molecular flexibility index (Phi) is 3.23. The van der Waals surface area contributed by atoms with Gasteiger partial charge in [-0.05, 0) is 24.6 Å². The second kappa shape index (κ2) is 4.82. The summed E-state index contributed by atoms with van der Waals surface area (Å²) in [5, 5.41) is 4.56. The lowest BCUT2D eigenvalue weighted by molar-refractivity contribution is 0.561.